The van der Waals surface area contributed by atoms with Crippen molar-refractivity contribution in [3.63, 3.8) is 0 Å². The van der Waals surface area contributed by atoms with Crippen LogP contribution in [0.5, 0.6) is 0 Å². The molecule has 19 heavy (non-hydrogen) atoms. The molecule has 0 aliphatic carbocycles. The van der Waals surface area contributed by atoms with E-state index in [2.05, 4.69) is 30.2 Å². The molecule has 102 valence electrons. The summed E-state index contributed by atoms with van der Waals surface area (Å²) in [5.74, 6) is 1.83. The number of aromatic nitrogens is 5. The number of aliphatic hydroxyl groups excluding tert-OH is 1. The fourth-order valence-corrected chi connectivity index (χ4v) is 2.36. The van der Waals surface area contributed by atoms with Gasteiger partial charge in [0.05, 0.1) is 6.54 Å². The highest BCUT2D eigenvalue weighted by Gasteiger charge is 2.21. The van der Waals surface area contributed by atoms with Gasteiger partial charge in [-0.15, -0.1) is 0 Å². The van der Waals surface area contributed by atoms with Crippen LogP contribution in [-0.2, 0) is 6.54 Å². The molecule has 8 nitrogen and oxygen atoms in total. The highest BCUT2D eigenvalue weighted by molar-refractivity contribution is 5.39. The zero-order valence-corrected chi connectivity index (χ0v) is 10.5. The van der Waals surface area contributed by atoms with Gasteiger partial charge in [-0.05, 0) is 25.3 Å². The summed E-state index contributed by atoms with van der Waals surface area (Å²) >= 11 is 0. The van der Waals surface area contributed by atoms with Crippen LogP contribution in [0.1, 0.15) is 18.7 Å². The first-order chi connectivity index (χ1) is 9.35. The molecule has 0 aromatic carbocycles. The minimum Gasteiger partial charge on any atom is -0.396 e. The zero-order valence-electron chi connectivity index (χ0n) is 10.5. The molecule has 1 aliphatic heterocycles. The van der Waals surface area contributed by atoms with E-state index in [0.717, 1.165) is 25.9 Å². The minimum atomic E-state index is 0.240. The lowest BCUT2D eigenvalue weighted by Crippen LogP contribution is -2.36. The summed E-state index contributed by atoms with van der Waals surface area (Å²) in [6.07, 6.45) is 3.58. The Morgan fingerprint density at radius 3 is 3.26 bits per heavy atom. The van der Waals surface area contributed by atoms with Gasteiger partial charge in [-0.25, -0.2) is 4.98 Å². The van der Waals surface area contributed by atoms with Crippen molar-refractivity contribution in [1.82, 2.24) is 30.2 Å². The van der Waals surface area contributed by atoms with Gasteiger partial charge in [-0.2, -0.15) is 10.1 Å². The Morgan fingerprint density at radius 1 is 1.53 bits per heavy atom. The molecule has 2 aromatic heterocycles. The van der Waals surface area contributed by atoms with E-state index in [1.165, 1.54) is 6.33 Å². The average Bonchev–Trinajstić information content (AvgIpc) is 3.09. The predicted molar refractivity (Wildman–Crippen MR) is 64.8 cm³/mol. The molecule has 1 unspecified atom stereocenters. The number of hydrogen-bond acceptors (Lipinski definition) is 7. The second-order valence-electron chi connectivity index (χ2n) is 4.77. The van der Waals surface area contributed by atoms with E-state index in [4.69, 9.17) is 4.52 Å². The van der Waals surface area contributed by atoms with Crippen molar-refractivity contribution in [1.29, 1.82) is 0 Å². The van der Waals surface area contributed by atoms with Crippen LogP contribution < -0.4 is 0 Å². The van der Waals surface area contributed by atoms with Gasteiger partial charge >= 0.3 is 0 Å². The second-order valence-corrected chi connectivity index (χ2v) is 4.77. The number of aliphatic hydroxyl groups is 1. The van der Waals surface area contributed by atoms with E-state index in [1.807, 2.05) is 0 Å². The van der Waals surface area contributed by atoms with Crippen molar-refractivity contribution >= 4 is 0 Å². The first-order valence-electron chi connectivity index (χ1n) is 6.36. The summed E-state index contributed by atoms with van der Waals surface area (Å²) in [4.78, 5) is 10.5. The Labute approximate surface area is 109 Å². The average molecular weight is 264 g/mol. The Morgan fingerprint density at radius 2 is 2.47 bits per heavy atom. The second kappa shape index (κ2) is 5.45. The number of likely N-dealkylation sites (tertiary alicyclic amines) is 1. The molecule has 1 aliphatic rings. The zero-order chi connectivity index (χ0) is 13.1. The molecule has 1 saturated heterocycles. The monoisotopic (exact) mass is 264 g/mol. The summed E-state index contributed by atoms with van der Waals surface area (Å²) in [7, 11) is 0. The lowest BCUT2D eigenvalue weighted by Gasteiger charge is -2.30. The SMILES string of the molecule is OCC1CCCN(Cc2nc(-c3ncn[nH]3)no2)C1. The van der Waals surface area contributed by atoms with Crippen LogP contribution in [-0.4, -0.2) is 55.0 Å². The van der Waals surface area contributed by atoms with Crippen molar-refractivity contribution in [2.45, 2.75) is 19.4 Å². The Kier molecular flexibility index (Phi) is 3.51. The Balaban J connectivity index is 1.64. The maximum atomic E-state index is 9.21. The van der Waals surface area contributed by atoms with Crippen LogP contribution in [0, 0.1) is 5.92 Å². The molecule has 2 N–H and O–H groups in total. The van der Waals surface area contributed by atoms with E-state index in [9.17, 15) is 5.11 Å². The number of nitrogens with one attached hydrogen (secondary N) is 1. The van der Waals surface area contributed by atoms with Gasteiger partial charge in [-0.1, -0.05) is 5.16 Å². The predicted octanol–water partition coefficient (Wildman–Crippen LogP) is 0.0590. The van der Waals surface area contributed by atoms with Gasteiger partial charge < -0.3 is 9.63 Å². The fourth-order valence-electron chi connectivity index (χ4n) is 2.36. The number of rotatable bonds is 4. The molecular weight excluding hydrogens is 248 g/mol. The molecule has 2 aromatic rings. The minimum absolute atomic E-state index is 0.240. The lowest BCUT2D eigenvalue weighted by molar-refractivity contribution is 0.107. The van der Waals surface area contributed by atoms with Crippen molar-refractivity contribution in [2.24, 2.45) is 5.92 Å². The van der Waals surface area contributed by atoms with Crippen molar-refractivity contribution in [3.8, 4) is 11.6 Å². The molecule has 0 bridgehead atoms. The van der Waals surface area contributed by atoms with Gasteiger partial charge in [0.1, 0.15) is 6.33 Å². The first kappa shape index (κ1) is 12.2. The Hall–Kier alpha value is -1.80. The van der Waals surface area contributed by atoms with Crippen LogP contribution in [0.3, 0.4) is 0 Å². The molecule has 3 rings (SSSR count). The number of H-pyrrole nitrogens is 1. The fraction of sp³-hybridized carbons (Fsp3) is 0.636. The largest absolute Gasteiger partial charge is 0.396 e. The van der Waals surface area contributed by atoms with Gasteiger partial charge in [0.2, 0.25) is 11.7 Å². The van der Waals surface area contributed by atoms with Crippen LogP contribution >= 0.6 is 0 Å². The molecule has 1 atom stereocenters. The van der Waals surface area contributed by atoms with E-state index in [-0.39, 0.29) is 6.61 Å². The summed E-state index contributed by atoms with van der Waals surface area (Å²) in [6, 6.07) is 0. The third-order valence-electron chi connectivity index (χ3n) is 3.32. The van der Waals surface area contributed by atoms with E-state index < -0.39 is 0 Å². The van der Waals surface area contributed by atoms with Crippen LogP contribution in [0.2, 0.25) is 0 Å². The highest BCUT2D eigenvalue weighted by atomic mass is 16.5. The number of piperidine rings is 1. The third-order valence-corrected chi connectivity index (χ3v) is 3.32. The molecule has 0 saturated carbocycles. The highest BCUT2D eigenvalue weighted by Crippen LogP contribution is 2.18. The number of hydrogen-bond donors (Lipinski definition) is 2. The number of nitrogens with zero attached hydrogens (tertiary/aromatic N) is 5. The van der Waals surface area contributed by atoms with E-state index >= 15 is 0 Å². The standard InChI is InChI=1S/C11H16N6O2/c18-6-8-2-1-3-17(4-8)5-9-14-11(16-19-9)10-12-7-13-15-10/h7-8,18H,1-6H2,(H,12,13,15). The topological polar surface area (TPSA) is 104 Å². The van der Waals surface area contributed by atoms with E-state index in [1.54, 1.807) is 0 Å². The molecule has 1 fully saturated rings. The van der Waals surface area contributed by atoms with Crippen LogP contribution in [0.15, 0.2) is 10.9 Å². The molecule has 8 heteroatoms. The summed E-state index contributed by atoms with van der Waals surface area (Å²) < 4.78 is 5.21. The molecule has 0 radical (unpaired) electrons. The molecule has 3 heterocycles. The molecular formula is C11H16N6O2. The normalized spacial score (nSPS) is 20.8. The maximum absolute atomic E-state index is 9.21. The van der Waals surface area contributed by atoms with Crippen LogP contribution in [0.4, 0.5) is 0 Å². The van der Waals surface area contributed by atoms with Gasteiger partial charge in [0.25, 0.3) is 0 Å². The summed E-state index contributed by atoms with van der Waals surface area (Å²) in [5, 5.41) is 19.5. The van der Waals surface area contributed by atoms with Crippen molar-refractivity contribution < 1.29 is 9.63 Å². The smallest absolute Gasteiger partial charge is 0.241 e. The maximum Gasteiger partial charge on any atom is 0.241 e. The lowest BCUT2D eigenvalue weighted by atomic mass is 9.99. The van der Waals surface area contributed by atoms with Crippen molar-refractivity contribution in [3.05, 3.63) is 12.2 Å². The van der Waals surface area contributed by atoms with Gasteiger partial charge in [0.15, 0.2) is 5.82 Å². The summed E-state index contributed by atoms with van der Waals surface area (Å²) in [6.45, 7) is 2.72. The number of aromatic amines is 1. The van der Waals surface area contributed by atoms with Crippen LogP contribution in [0.25, 0.3) is 11.6 Å². The first-order valence-corrected chi connectivity index (χ1v) is 6.36. The quantitative estimate of drug-likeness (QED) is 0.804. The third kappa shape index (κ3) is 2.79. The van der Waals surface area contributed by atoms with Gasteiger partial charge in [0, 0.05) is 13.2 Å². The summed E-state index contributed by atoms with van der Waals surface area (Å²) in [5.41, 5.74) is 0. The van der Waals surface area contributed by atoms with Crippen molar-refractivity contribution in [2.75, 3.05) is 19.7 Å². The van der Waals surface area contributed by atoms with E-state index in [0.29, 0.717) is 30.0 Å². The Bertz CT molecular complexity index is 511. The molecule has 0 amide bonds. The molecule has 0 spiro atoms. The van der Waals surface area contributed by atoms with Gasteiger partial charge in [-0.3, -0.25) is 10.00 Å².